The van der Waals surface area contributed by atoms with Gasteiger partial charge in [-0.1, -0.05) is 78.8 Å². The second kappa shape index (κ2) is 9.74. The van der Waals surface area contributed by atoms with Gasteiger partial charge >= 0.3 is 0 Å². The van der Waals surface area contributed by atoms with Crippen LogP contribution in [0.25, 0.3) is 11.4 Å². The molecule has 5 nitrogen and oxygen atoms in total. The number of hydrogen-bond donors (Lipinski definition) is 1. The molecule has 1 N–H and O–H groups in total. The maximum atomic E-state index is 12.6. The second-order valence-electron chi connectivity index (χ2n) is 7.25. The molecule has 0 saturated carbocycles. The largest absolute Gasteiger partial charge is 0.355 e. The van der Waals surface area contributed by atoms with Gasteiger partial charge in [0.15, 0.2) is 11.0 Å². The molecule has 1 aromatic heterocycles. The Balaban J connectivity index is 1.60. The lowest BCUT2D eigenvalue weighted by atomic mass is 9.96. The molecule has 0 saturated heterocycles. The van der Waals surface area contributed by atoms with Crippen LogP contribution < -0.4 is 5.32 Å². The van der Waals surface area contributed by atoms with Gasteiger partial charge in [0.1, 0.15) is 0 Å². The monoisotopic (exact) mass is 408 g/mol. The summed E-state index contributed by atoms with van der Waals surface area (Å²) in [5, 5.41) is 12.2. The molecular weight excluding hydrogens is 380 g/mol. The summed E-state index contributed by atoms with van der Waals surface area (Å²) < 4.78 is 1.94. The lowest BCUT2D eigenvalue weighted by molar-refractivity contribution is -0.120. The van der Waals surface area contributed by atoms with E-state index in [1.165, 1.54) is 22.9 Å². The topological polar surface area (TPSA) is 59.8 Å². The Morgan fingerprint density at radius 1 is 1.10 bits per heavy atom. The van der Waals surface area contributed by atoms with Gasteiger partial charge in [0.05, 0.1) is 5.25 Å². The van der Waals surface area contributed by atoms with Crippen LogP contribution in [0.2, 0.25) is 0 Å². The highest BCUT2D eigenvalue weighted by Crippen LogP contribution is 2.26. The van der Waals surface area contributed by atoms with Crippen molar-refractivity contribution in [3.05, 3.63) is 65.7 Å². The van der Waals surface area contributed by atoms with E-state index >= 15 is 0 Å². The number of thioether (sulfide) groups is 1. The van der Waals surface area contributed by atoms with E-state index in [0.29, 0.717) is 12.5 Å². The maximum absolute atomic E-state index is 12.6. The van der Waals surface area contributed by atoms with Crippen molar-refractivity contribution >= 4 is 17.7 Å². The van der Waals surface area contributed by atoms with E-state index in [2.05, 4.69) is 53.6 Å². The Bertz CT molecular complexity index is 937. The predicted octanol–water partition coefficient (Wildman–Crippen LogP) is 4.58. The summed E-state index contributed by atoms with van der Waals surface area (Å²) in [6.07, 6.45) is 0.981. The molecule has 29 heavy (non-hydrogen) atoms. The first-order valence-electron chi connectivity index (χ1n) is 9.95. The van der Waals surface area contributed by atoms with Crippen molar-refractivity contribution in [2.45, 2.75) is 43.5 Å². The molecule has 3 aromatic rings. The molecule has 6 heteroatoms. The molecule has 0 aliphatic rings. The van der Waals surface area contributed by atoms with E-state index in [9.17, 15) is 4.79 Å². The molecule has 0 aliphatic carbocycles. The highest BCUT2D eigenvalue weighted by Gasteiger charge is 2.20. The Hall–Kier alpha value is -2.60. The number of carbonyl (C=O) groups is 1. The standard InChI is InChI=1S/C23H28N4OS/c1-5-18(19-9-7-6-8-10-19)15-24-22(28)17(3)29-23-26-25-21(27(23)4)20-13-11-16(2)12-14-20/h6-14,17-18H,5,15H2,1-4H3,(H,24,28)/t17-,18-/m0/s1. The zero-order valence-corrected chi connectivity index (χ0v) is 18.2. The van der Waals surface area contributed by atoms with Crippen molar-refractivity contribution in [2.75, 3.05) is 6.54 Å². The number of benzene rings is 2. The minimum Gasteiger partial charge on any atom is -0.355 e. The van der Waals surface area contributed by atoms with Gasteiger partial charge in [0.25, 0.3) is 0 Å². The van der Waals surface area contributed by atoms with Crippen molar-refractivity contribution in [2.24, 2.45) is 7.05 Å². The first-order valence-corrected chi connectivity index (χ1v) is 10.8. The zero-order chi connectivity index (χ0) is 20.8. The minimum absolute atomic E-state index is 0.0178. The Kier molecular flexibility index (Phi) is 7.09. The maximum Gasteiger partial charge on any atom is 0.233 e. The highest BCUT2D eigenvalue weighted by molar-refractivity contribution is 8.00. The van der Waals surface area contributed by atoms with Crippen molar-refractivity contribution in [1.29, 1.82) is 0 Å². The molecule has 0 fully saturated rings. The van der Waals surface area contributed by atoms with Gasteiger partial charge in [-0.05, 0) is 25.8 Å². The third-order valence-electron chi connectivity index (χ3n) is 5.08. The van der Waals surface area contributed by atoms with Crippen LogP contribution in [-0.4, -0.2) is 32.5 Å². The molecule has 1 amide bonds. The predicted molar refractivity (Wildman–Crippen MR) is 119 cm³/mol. The fraction of sp³-hybridized carbons (Fsp3) is 0.348. The van der Waals surface area contributed by atoms with Gasteiger partial charge in [-0.2, -0.15) is 0 Å². The van der Waals surface area contributed by atoms with Gasteiger partial charge < -0.3 is 9.88 Å². The first kappa shape index (κ1) is 21.1. The van der Waals surface area contributed by atoms with Crippen LogP contribution in [0.3, 0.4) is 0 Å². The van der Waals surface area contributed by atoms with Crippen molar-refractivity contribution in [3.8, 4) is 11.4 Å². The van der Waals surface area contributed by atoms with Crippen LogP contribution in [0.5, 0.6) is 0 Å². The van der Waals surface area contributed by atoms with Crippen LogP contribution in [0, 0.1) is 6.92 Å². The molecule has 0 spiro atoms. The number of hydrogen-bond acceptors (Lipinski definition) is 4. The number of aromatic nitrogens is 3. The van der Waals surface area contributed by atoms with Gasteiger partial charge in [0, 0.05) is 25.1 Å². The molecule has 152 valence electrons. The van der Waals surface area contributed by atoms with Crippen molar-refractivity contribution in [3.63, 3.8) is 0 Å². The van der Waals surface area contributed by atoms with Crippen LogP contribution in [0.15, 0.2) is 59.8 Å². The van der Waals surface area contributed by atoms with E-state index in [-0.39, 0.29) is 11.2 Å². The fourth-order valence-electron chi connectivity index (χ4n) is 3.17. The van der Waals surface area contributed by atoms with Gasteiger partial charge in [-0.15, -0.1) is 10.2 Å². The van der Waals surface area contributed by atoms with Gasteiger partial charge in [-0.25, -0.2) is 0 Å². The van der Waals surface area contributed by atoms with E-state index in [1.54, 1.807) is 0 Å². The number of nitrogens with one attached hydrogen (secondary N) is 1. The van der Waals surface area contributed by atoms with Crippen LogP contribution in [0.1, 0.15) is 37.3 Å². The van der Waals surface area contributed by atoms with Crippen molar-refractivity contribution in [1.82, 2.24) is 20.1 Å². The molecule has 3 rings (SSSR count). The van der Waals surface area contributed by atoms with Crippen molar-refractivity contribution < 1.29 is 4.79 Å². The molecule has 0 radical (unpaired) electrons. The van der Waals surface area contributed by atoms with Gasteiger partial charge in [0.2, 0.25) is 5.91 Å². The van der Waals surface area contributed by atoms with Crippen LogP contribution in [-0.2, 0) is 11.8 Å². The summed E-state index contributed by atoms with van der Waals surface area (Å²) in [5.41, 5.74) is 3.48. The summed E-state index contributed by atoms with van der Waals surface area (Å²) >= 11 is 1.43. The second-order valence-corrected chi connectivity index (χ2v) is 8.56. The average molecular weight is 409 g/mol. The smallest absolute Gasteiger partial charge is 0.233 e. The molecule has 2 aromatic carbocycles. The number of aryl methyl sites for hydroxylation is 1. The summed E-state index contributed by atoms with van der Waals surface area (Å²) in [7, 11) is 1.94. The first-order chi connectivity index (χ1) is 14.0. The van der Waals surface area contributed by atoms with E-state index < -0.39 is 0 Å². The molecular formula is C23H28N4OS. The third kappa shape index (κ3) is 5.26. The van der Waals surface area contributed by atoms with E-state index in [0.717, 1.165) is 23.0 Å². The van der Waals surface area contributed by atoms with Crippen LogP contribution >= 0.6 is 11.8 Å². The normalized spacial score (nSPS) is 13.1. The van der Waals surface area contributed by atoms with E-state index in [1.807, 2.05) is 48.9 Å². The van der Waals surface area contributed by atoms with Crippen LogP contribution in [0.4, 0.5) is 0 Å². The average Bonchev–Trinajstić information content (AvgIpc) is 3.10. The fourth-order valence-corrected chi connectivity index (χ4v) is 4.01. The molecule has 0 unspecified atom stereocenters. The van der Waals surface area contributed by atoms with Gasteiger partial charge in [-0.3, -0.25) is 4.79 Å². The quantitative estimate of drug-likeness (QED) is 0.554. The number of nitrogens with zero attached hydrogens (tertiary/aromatic N) is 3. The summed E-state index contributed by atoms with van der Waals surface area (Å²) in [6, 6.07) is 18.5. The lowest BCUT2D eigenvalue weighted by Gasteiger charge is -2.18. The molecule has 2 atom stereocenters. The Labute approximate surface area is 176 Å². The summed E-state index contributed by atoms with van der Waals surface area (Å²) in [5.74, 6) is 1.14. The number of rotatable bonds is 8. The molecule has 0 aliphatic heterocycles. The van der Waals surface area contributed by atoms with E-state index in [4.69, 9.17) is 0 Å². The summed E-state index contributed by atoms with van der Waals surface area (Å²) in [4.78, 5) is 12.6. The lowest BCUT2D eigenvalue weighted by Crippen LogP contribution is -2.34. The number of amides is 1. The SMILES string of the molecule is CC[C@@H](CNC(=O)[C@H](C)Sc1nnc(-c2ccc(C)cc2)n1C)c1ccccc1. The highest BCUT2D eigenvalue weighted by atomic mass is 32.2. The molecule has 0 bridgehead atoms. The minimum atomic E-state index is -0.253. The third-order valence-corrected chi connectivity index (χ3v) is 6.22. The Morgan fingerprint density at radius 2 is 1.79 bits per heavy atom. The Morgan fingerprint density at radius 3 is 2.45 bits per heavy atom. The molecule has 1 heterocycles. The number of carbonyl (C=O) groups excluding carboxylic acids is 1. The zero-order valence-electron chi connectivity index (χ0n) is 17.4. The summed E-state index contributed by atoms with van der Waals surface area (Å²) in [6.45, 7) is 6.75.